The summed E-state index contributed by atoms with van der Waals surface area (Å²) in [5.74, 6) is 0.287. The summed E-state index contributed by atoms with van der Waals surface area (Å²) < 4.78 is 11.9. The van der Waals surface area contributed by atoms with Crippen LogP contribution in [-0.4, -0.2) is 31.4 Å². The van der Waals surface area contributed by atoms with Gasteiger partial charge in [-0.2, -0.15) is 0 Å². The number of halogens is 2. The molecule has 1 aromatic rings. The fourth-order valence-corrected chi connectivity index (χ4v) is 2.70. The molecule has 0 aromatic heterocycles. The molecule has 0 radical (unpaired) electrons. The Kier molecular flexibility index (Phi) is 12.0. The molecule has 1 aliphatic rings. The van der Waals surface area contributed by atoms with E-state index in [1.54, 1.807) is 37.3 Å². The molecule has 168 valence electrons. The Hall–Kier alpha value is -2.83. The molecule has 3 N–H and O–H groups in total. The number of anilines is 1. The molecule has 7 heteroatoms. The van der Waals surface area contributed by atoms with Crippen molar-refractivity contribution >= 4 is 23.5 Å². The van der Waals surface area contributed by atoms with Crippen LogP contribution in [0.3, 0.4) is 0 Å². The summed E-state index contributed by atoms with van der Waals surface area (Å²) >= 11 is 6.27. The third kappa shape index (κ3) is 10.7. The summed E-state index contributed by atoms with van der Waals surface area (Å²) in [4.78, 5) is 9.85. The van der Waals surface area contributed by atoms with E-state index in [1.807, 2.05) is 38.3 Å². The van der Waals surface area contributed by atoms with Crippen molar-refractivity contribution in [3.05, 3.63) is 88.7 Å². The summed E-state index contributed by atoms with van der Waals surface area (Å²) in [6.45, 7) is 10.6. The Morgan fingerprint density at radius 1 is 1.42 bits per heavy atom. The lowest BCUT2D eigenvalue weighted by Crippen LogP contribution is -2.24. The maximum absolute atomic E-state index is 11.9. The first kappa shape index (κ1) is 26.2. The lowest BCUT2D eigenvalue weighted by atomic mass is 10.0. The van der Waals surface area contributed by atoms with Gasteiger partial charge in [0.25, 0.3) is 0 Å². The maximum atomic E-state index is 11.9. The van der Waals surface area contributed by atoms with Crippen LogP contribution < -0.4 is 11.1 Å². The van der Waals surface area contributed by atoms with Gasteiger partial charge in [-0.15, -0.1) is 5.06 Å². The number of benzene rings is 1. The average Bonchev–Trinajstić information content (AvgIpc) is 2.95. The van der Waals surface area contributed by atoms with Gasteiger partial charge in [0.1, 0.15) is 5.83 Å². The molecule has 0 aliphatic carbocycles. The minimum Gasteiger partial charge on any atom is -0.399 e. The average molecular weight is 447 g/mol. The summed E-state index contributed by atoms with van der Waals surface area (Å²) in [6.07, 6.45) is 11.0. The molecule has 5 nitrogen and oxygen atoms in total. The largest absolute Gasteiger partial charge is 0.399 e. The van der Waals surface area contributed by atoms with Crippen LogP contribution in [0.5, 0.6) is 0 Å². The van der Waals surface area contributed by atoms with E-state index in [1.165, 1.54) is 12.2 Å². The van der Waals surface area contributed by atoms with Crippen LogP contribution in [0.2, 0.25) is 5.02 Å². The Morgan fingerprint density at radius 3 is 2.74 bits per heavy atom. The van der Waals surface area contributed by atoms with Crippen molar-refractivity contribution in [3.8, 4) is 0 Å². The highest BCUT2D eigenvalue weighted by Crippen LogP contribution is 2.23. The van der Waals surface area contributed by atoms with Crippen molar-refractivity contribution in [1.29, 1.82) is 0 Å². The zero-order valence-electron chi connectivity index (χ0n) is 18.7. The van der Waals surface area contributed by atoms with Gasteiger partial charge < -0.3 is 15.9 Å². The second kappa shape index (κ2) is 14.2. The first-order valence-corrected chi connectivity index (χ1v) is 10.4. The SMILES string of the molecule is C/C=C\C(F)=C/C.C=C(NC1=CC(Cc2ccc(N)cc2Cl)=CC=NC1)ON(C)CC. The Bertz CT molecular complexity index is 888. The van der Waals surface area contributed by atoms with Crippen LogP contribution in [0.15, 0.2) is 83.1 Å². The molecule has 0 fully saturated rings. The van der Waals surface area contributed by atoms with Crippen molar-refractivity contribution in [3.63, 3.8) is 0 Å². The molecule has 0 bridgehead atoms. The number of nitrogens with one attached hydrogen (secondary N) is 1. The van der Waals surface area contributed by atoms with Crippen LogP contribution in [0.4, 0.5) is 10.1 Å². The number of aliphatic imine (C=N–C) groups is 1. The van der Waals surface area contributed by atoms with E-state index >= 15 is 0 Å². The number of hydroxylamine groups is 2. The van der Waals surface area contributed by atoms with Crippen molar-refractivity contribution in [2.75, 3.05) is 25.9 Å². The molecule has 1 aromatic carbocycles. The zero-order chi connectivity index (χ0) is 23.2. The molecule has 0 saturated carbocycles. The predicted molar refractivity (Wildman–Crippen MR) is 130 cm³/mol. The summed E-state index contributed by atoms with van der Waals surface area (Å²) in [6, 6.07) is 5.56. The number of nitrogens with two attached hydrogens (primary N) is 1. The fraction of sp³-hybridized carbons (Fsp3) is 0.292. The molecule has 1 aliphatic heterocycles. The molecular weight excluding hydrogens is 415 g/mol. The molecule has 0 amide bonds. The van der Waals surface area contributed by atoms with Gasteiger partial charge in [0, 0.05) is 36.2 Å². The quantitative estimate of drug-likeness (QED) is 0.231. The van der Waals surface area contributed by atoms with E-state index in [9.17, 15) is 4.39 Å². The minimum atomic E-state index is -0.178. The standard InChI is InChI=1S/C18H23ClN4O.C6H9F/c1-4-23(3)24-13(2)22-17-10-14(7-8-21-12-17)9-15-5-6-16(20)11-18(15)19;1-3-5-6(7)4-2/h5-8,10-11,22H,2,4,9,12,20H2,1,3H3;3-5H,1-2H3/b;5-3-,6-4+. The monoisotopic (exact) mass is 446 g/mol. The van der Waals surface area contributed by atoms with Crippen LogP contribution in [0.1, 0.15) is 26.3 Å². The predicted octanol–water partition coefficient (Wildman–Crippen LogP) is 5.74. The molecule has 0 atom stereocenters. The van der Waals surface area contributed by atoms with Crippen LogP contribution >= 0.6 is 11.6 Å². The topological polar surface area (TPSA) is 62.9 Å². The van der Waals surface area contributed by atoms with Gasteiger partial charge in [-0.05, 0) is 75.3 Å². The highest BCUT2D eigenvalue weighted by Gasteiger charge is 2.08. The van der Waals surface area contributed by atoms with E-state index in [0.29, 0.717) is 29.6 Å². The Balaban J connectivity index is 0.000000592. The lowest BCUT2D eigenvalue weighted by Gasteiger charge is -2.19. The molecule has 0 spiro atoms. The van der Waals surface area contributed by atoms with Gasteiger partial charge in [0.2, 0.25) is 5.88 Å². The second-order valence-corrected chi connectivity index (χ2v) is 7.09. The highest BCUT2D eigenvalue weighted by atomic mass is 35.5. The number of nitrogen functional groups attached to an aromatic ring is 1. The van der Waals surface area contributed by atoms with Gasteiger partial charge in [-0.25, -0.2) is 4.39 Å². The zero-order valence-corrected chi connectivity index (χ0v) is 19.4. The van der Waals surface area contributed by atoms with Gasteiger partial charge in [0.05, 0.1) is 6.54 Å². The van der Waals surface area contributed by atoms with Gasteiger partial charge in [-0.1, -0.05) is 29.8 Å². The van der Waals surface area contributed by atoms with Gasteiger partial charge in [-0.3, -0.25) is 4.99 Å². The Labute approximate surface area is 190 Å². The third-order valence-electron chi connectivity index (χ3n) is 4.10. The molecule has 0 saturated heterocycles. The summed E-state index contributed by atoms with van der Waals surface area (Å²) in [5, 5.41) is 5.52. The second-order valence-electron chi connectivity index (χ2n) is 6.69. The van der Waals surface area contributed by atoms with E-state index in [2.05, 4.69) is 16.9 Å². The normalized spacial score (nSPS) is 13.8. The number of rotatable bonds is 8. The number of hydrogen-bond acceptors (Lipinski definition) is 5. The number of allylic oxidation sites excluding steroid dienone is 7. The van der Waals surface area contributed by atoms with E-state index in [4.69, 9.17) is 22.2 Å². The summed E-state index contributed by atoms with van der Waals surface area (Å²) in [5.41, 5.74) is 9.42. The molecule has 2 rings (SSSR count). The van der Waals surface area contributed by atoms with Crippen LogP contribution in [-0.2, 0) is 11.3 Å². The molecular formula is C24H32ClFN4O. The van der Waals surface area contributed by atoms with Crippen molar-refractivity contribution in [1.82, 2.24) is 10.4 Å². The Morgan fingerprint density at radius 2 is 2.16 bits per heavy atom. The van der Waals surface area contributed by atoms with Crippen molar-refractivity contribution < 1.29 is 9.23 Å². The third-order valence-corrected chi connectivity index (χ3v) is 4.45. The van der Waals surface area contributed by atoms with E-state index < -0.39 is 0 Å². The number of hydrogen-bond donors (Lipinski definition) is 2. The van der Waals surface area contributed by atoms with Crippen molar-refractivity contribution in [2.45, 2.75) is 27.2 Å². The van der Waals surface area contributed by atoms with Gasteiger partial charge in [0.15, 0.2) is 0 Å². The molecule has 1 heterocycles. The smallest absolute Gasteiger partial charge is 0.209 e. The van der Waals surface area contributed by atoms with Crippen LogP contribution in [0.25, 0.3) is 0 Å². The first-order chi connectivity index (χ1) is 14.8. The lowest BCUT2D eigenvalue weighted by molar-refractivity contribution is -0.0980. The van der Waals surface area contributed by atoms with E-state index in [-0.39, 0.29) is 5.83 Å². The minimum absolute atomic E-state index is 0.178. The fourth-order valence-electron chi connectivity index (χ4n) is 2.44. The number of nitrogens with zero attached hydrogens (tertiary/aromatic N) is 2. The maximum Gasteiger partial charge on any atom is 0.209 e. The van der Waals surface area contributed by atoms with Crippen LogP contribution in [0, 0.1) is 0 Å². The highest BCUT2D eigenvalue weighted by molar-refractivity contribution is 6.31. The molecule has 0 unspecified atom stereocenters. The molecule has 31 heavy (non-hydrogen) atoms. The van der Waals surface area contributed by atoms with Gasteiger partial charge >= 0.3 is 0 Å². The first-order valence-electron chi connectivity index (χ1n) is 10.0. The summed E-state index contributed by atoms with van der Waals surface area (Å²) in [7, 11) is 1.85. The van der Waals surface area contributed by atoms with E-state index in [0.717, 1.165) is 23.4 Å². The van der Waals surface area contributed by atoms with Crippen molar-refractivity contribution in [2.24, 2.45) is 4.99 Å².